The van der Waals surface area contributed by atoms with Crippen LogP contribution in [0.5, 0.6) is 5.75 Å². The first-order chi connectivity index (χ1) is 12.2. The fourth-order valence-electron chi connectivity index (χ4n) is 2.32. The first kappa shape index (κ1) is 22.8. The van der Waals surface area contributed by atoms with E-state index < -0.39 is 35.4 Å². The quantitative estimate of drug-likeness (QED) is 0.655. The van der Waals surface area contributed by atoms with E-state index in [1.54, 1.807) is 53.7 Å². The summed E-state index contributed by atoms with van der Waals surface area (Å²) in [5, 5.41) is 22.5. The van der Waals surface area contributed by atoms with Crippen molar-refractivity contribution in [1.82, 2.24) is 5.32 Å². The molecule has 2 atom stereocenters. The summed E-state index contributed by atoms with van der Waals surface area (Å²) in [5.74, 6) is -0.443. The van der Waals surface area contributed by atoms with E-state index in [1.165, 1.54) is 12.1 Å². The molecule has 7 heteroatoms. The molecule has 0 heterocycles. The third-order valence-corrected chi connectivity index (χ3v) is 3.35. The number of aromatic hydroxyl groups is 1. The van der Waals surface area contributed by atoms with Gasteiger partial charge in [0.25, 0.3) is 0 Å². The van der Waals surface area contributed by atoms with E-state index in [-0.39, 0.29) is 18.6 Å². The van der Waals surface area contributed by atoms with Crippen molar-refractivity contribution in [3.05, 3.63) is 29.8 Å². The van der Waals surface area contributed by atoms with Crippen LogP contribution in [0.3, 0.4) is 0 Å². The molecule has 0 saturated heterocycles. The van der Waals surface area contributed by atoms with Gasteiger partial charge in [0.15, 0.2) is 0 Å². The summed E-state index contributed by atoms with van der Waals surface area (Å²) in [4.78, 5) is 24.2. The minimum atomic E-state index is -1.17. The van der Waals surface area contributed by atoms with E-state index in [1.807, 2.05) is 0 Å². The third kappa shape index (κ3) is 9.84. The molecular weight excluding hydrogens is 350 g/mol. The lowest BCUT2D eigenvalue weighted by Gasteiger charge is -2.27. The Bertz CT molecular complexity index is 627. The van der Waals surface area contributed by atoms with Crippen LogP contribution in [0.2, 0.25) is 0 Å². The van der Waals surface area contributed by atoms with Crippen LogP contribution in [-0.2, 0) is 20.7 Å². The zero-order valence-electron chi connectivity index (χ0n) is 16.9. The molecule has 152 valence electrons. The van der Waals surface area contributed by atoms with Gasteiger partial charge >= 0.3 is 12.1 Å². The van der Waals surface area contributed by atoms with Crippen LogP contribution < -0.4 is 5.32 Å². The molecule has 0 aliphatic rings. The van der Waals surface area contributed by atoms with Crippen molar-refractivity contribution in [2.45, 2.75) is 77.7 Å². The van der Waals surface area contributed by atoms with E-state index in [2.05, 4.69) is 5.32 Å². The number of alkyl carbamates (subject to hydrolysis) is 1. The molecule has 0 aliphatic carbocycles. The molecule has 0 bridgehead atoms. The molecule has 0 radical (unpaired) electrons. The van der Waals surface area contributed by atoms with Gasteiger partial charge in [0.05, 0.1) is 18.6 Å². The monoisotopic (exact) mass is 381 g/mol. The molecule has 1 aromatic rings. The van der Waals surface area contributed by atoms with Crippen molar-refractivity contribution in [1.29, 1.82) is 0 Å². The first-order valence-corrected chi connectivity index (χ1v) is 8.92. The Morgan fingerprint density at radius 1 is 1.00 bits per heavy atom. The Hall–Kier alpha value is -2.28. The van der Waals surface area contributed by atoms with E-state index >= 15 is 0 Å². The first-order valence-electron chi connectivity index (χ1n) is 8.92. The fraction of sp³-hybridized carbons (Fsp3) is 0.600. The van der Waals surface area contributed by atoms with Gasteiger partial charge in [-0.15, -0.1) is 0 Å². The van der Waals surface area contributed by atoms with Crippen molar-refractivity contribution >= 4 is 12.1 Å². The van der Waals surface area contributed by atoms with E-state index in [9.17, 15) is 19.8 Å². The lowest BCUT2D eigenvalue weighted by molar-refractivity contribution is -0.157. The van der Waals surface area contributed by atoms with Crippen LogP contribution in [0.25, 0.3) is 0 Å². The molecule has 0 saturated carbocycles. The van der Waals surface area contributed by atoms with Gasteiger partial charge in [-0.1, -0.05) is 12.1 Å². The van der Waals surface area contributed by atoms with Gasteiger partial charge in [-0.3, -0.25) is 4.79 Å². The second kappa shape index (κ2) is 9.08. The smallest absolute Gasteiger partial charge is 0.407 e. The van der Waals surface area contributed by atoms with Crippen molar-refractivity contribution in [3.63, 3.8) is 0 Å². The average molecular weight is 381 g/mol. The summed E-state index contributed by atoms with van der Waals surface area (Å²) in [6.45, 7) is 10.4. The van der Waals surface area contributed by atoms with Crippen LogP contribution in [-0.4, -0.2) is 45.6 Å². The number of carbonyl (C=O) groups excluding carboxylic acids is 2. The largest absolute Gasteiger partial charge is 0.508 e. The number of phenolic OH excluding ortho intramolecular Hbond substituents is 1. The van der Waals surface area contributed by atoms with Crippen LogP contribution >= 0.6 is 0 Å². The number of amides is 1. The number of phenols is 1. The average Bonchev–Trinajstić information content (AvgIpc) is 2.44. The summed E-state index contributed by atoms with van der Waals surface area (Å²) in [6.07, 6.45) is -1.87. The van der Waals surface area contributed by atoms with E-state index in [0.717, 1.165) is 5.56 Å². The van der Waals surface area contributed by atoms with Gasteiger partial charge in [-0.25, -0.2) is 4.79 Å². The summed E-state index contributed by atoms with van der Waals surface area (Å²) in [6, 6.07) is 5.62. The number of ether oxygens (including phenoxy) is 2. The van der Waals surface area contributed by atoms with E-state index in [4.69, 9.17) is 9.47 Å². The van der Waals surface area contributed by atoms with Crippen molar-refractivity contribution in [2.75, 3.05) is 0 Å². The maximum Gasteiger partial charge on any atom is 0.407 e. The third-order valence-electron chi connectivity index (χ3n) is 3.35. The molecule has 0 spiro atoms. The predicted octanol–water partition coefficient (Wildman–Crippen LogP) is 2.92. The molecule has 27 heavy (non-hydrogen) atoms. The molecule has 0 unspecified atom stereocenters. The van der Waals surface area contributed by atoms with Gasteiger partial charge in [-0.05, 0) is 65.7 Å². The summed E-state index contributed by atoms with van der Waals surface area (Å²) < 4.78 is 10.5. The molecule has 3 N–H and O–H groups in total. The van der Waals surface area contributed by atoms with Gasteiger partial charge in [0, 0.05) is 0 Å². The zero-order valence-corrected chi connectivity index (χ0v) is 16.9. The van der Waals surface area contributed by atoms with Crippen LogP contribution in [0.4, 0.5) is 4.79 Å². The molecule has 0 aliphatic heterocycles. The van der Waals surface area contributed by atoms with Crippen LogP contribution in [0.1, 0.15) is 53.5 Å². The number of aliphatic hydroxyl groups is 1. The van der Waals surface area contributed by atoms with Gasteiger partial charge in [-0.2, -0.15) is 0 Å². The number of hydrogen-bond acceptors (Lipinski definition) is 6. The lowest BCUT2D eigenvalue weighted by Crippen LogP contribution is -2.47. The standard InChI is InChI=1S/C20H31NO6/c1-19(2,3)26-17(24)12-16(23)15(21-18(25)27-20(4,5)6)11-13-7-9-14(22)10-8-13/h7-10,15-16,22-23H,11-12H2,1-6H3,(H,21,25)/t15-,16-/m0/s1. The summed E-state index contributed by atoms with van der Waals surface area (Å²) in [5.41, 5.74) is -0.581. The number of esters is 1. The number of rotatable bonds is 6. The highest BCUT2D eigenvalue weighted by Gasteiger charge is 2.28. The van der Waals surface area contributed by atoms with Gasteiger partial charge in [0.1, 0.15) is 17.0 Å². The molecular formula is C20H31NO6. The Balaban J connectivity index is 2.86. The minimum absolute atomic E-state index is 0.115. The minimum Gasteiger partial charge on any atom is -0.508 e. The summed E-state index contributed by atoms with van der Waals surface area (Å²) >= 11 is 0. The van der Waals surface area contributed by atoms with Crippen LogP contribution in [0, 0.1) is 0 Å². The normalized spacial score (nSPS) is 14.2. The number of nitrogens with one attached hydrogen (secondary N) is 1. The highest BCUT2D eigenvalue weighted by Crippen LogP contribution is 2.16. The maximum atomic E-state index is 12.1. The molecule has 7 nitrogen and oxygen atoms in total. The summed E-state index contributed by atoms with van der Waals surface area (Å²) in [7, 11) is 0. The SMILES string of the molecule is CC(C)(C)OC(=O)C[C@H](O)[C@H](Cc1ccc(O)cc1)NC(=O)OC(C)(C)C. The molecule has 0 aromatic heterocycles. The zero-order chi connectivity index (χ0) is 20.8. The topological polar surface area (TPSA) is 105 Å². The molecule has 1 aromatic carbocycles. The highest BCUT2D eigenvalue weighted by atomic mass is 16.6. The second-order valence-electron chi connectivity index (χ2n) is 8.48. The fourth-order valence-corrected chi connectivity index (χ4v) is 2.32. The number of hydrogen-bond donors (Lipinski definition) is 3. The van der Waals surface area contributed by atoms with E-state index in [0.29, 0.717) is 0 Å². The van der Waals surface area contributed by atoms with Crippen molar-refractivity contribution in [3.8, 4) is 5.75 Å². The van der Waals surface area contributed by atoms with Gasteiger partial charge < -0.3 is 25.0 Å². The maximum absolute atomic E-state index is 12.1. The second-order valence-corrected chi connectivity index (χ2v) is 8.48. The molecule has 1 amide bonds. The number of carbonyl (C=O) groups is 2. The predicted molar refractivity (Wildman–Crippen MR) is 101 cm³/mol. The number of benzene rings is 1. The molecule has 1 rings (SSSR count). The van der Waals surface area contributed by atoms with Gasteiger partial charge in [0.2, 0.25) is 0 Å². The van der Waals surface area contributed by atoms with Crippen LogP contribution in [0.15, 0.2) is 24.3 Å². The van der Waals surface area contributed by atoms with Crippen molar-refractivity contribution in [2.24, 2.45) is 0 Å². The van der Waals surface area contributed by atoms with Crippen molar-refractivity contribution < 1.29 is 29.3 Å². The Morgan fingerprint density at radius 2 is 1.52 bits per heavy atom. The Kier molecular flexibility index (Phi) is 7.65. The lowest BCUT2D eigenvalue weighted by atomic mass is 9.99. The number of aliphatic hydroxyl groups excluding tert-OH is 1. The Morgan fingerprint density at radius 3 is 2.00 bits per heavy atom. The Labute approximate surface area is 160 Å². The molecule has 0 fully saturated rings. The highest BCUT2D eigenvalue weighted by molar-refractivity contribution is 5.71.